The Morgan fingerprint density at radius 3 is 2.31 bits per heavy atom. The molecule has 0 N–H and O–H groups in total. The van der Waals surface area contributed by atoms with Gasteiger partial charge in [0.2, 0.25) is 5.78 Å². The Morgan fingerprint density at radius 2 is 1.59 bits per heavy atom. The number of hydrogen-bond donors (Lipinski definition) is 0. The van der Waals surface area contributed by atoms with E-state index in [1.807, 2.05) is 41.0 Å². The molecule has 6 heteroatoms. The zero-order chi connectivity index (χ0) is 20.0. The average molecular weight is 404 g/mol. The lowest BCUT2D eigenvalue weighted by atomic mass is 10.1. The van der Waals surface area contributed by atoms with E-state index in [1.165, 1.54) is 18.2 Å². The molecule has 0 saturated carbocycles. The number of imidazole rings is 1. The van der Waals surface area contributed by atoms with Crippen molar-refractivity contribution in [3.05, 3.63) is 106 Å². The highest BCUT2D eigenvalue weighted by atomic mass is 35.5. The van der Waals surface area contributed by atoms with Gasteiger partial charge in [-0.05, 0) is 42.0 Å². The fourth-order valence-corrected chi connectivity index (χ4v) is 3.69. The van der Waals surface area contributed by atoms with Gasteiger partial charge in [-0.15, -0.1) is 0 Å². The number of benzene rings is 3. The van der Waals surface area contributed by atoms with Crippen LogP contribution in [0.25, 0.3) is 28.1 Å². The lowest BCUT2D eigenvalue weighted by molar-refractivity contribution is 0.626. The van der Waals surface area contributed by atoms with E-state index in [0.717, 1.165) is 22.2 Å². The van der Waals surface area contributed by atoms with Crippen molar-refractivity contribution in [3.8, 4) is 11.3 Å². The van der Waals surface area contributed by atoms with Crippen LogP contribution in [0.1, 0.15) is 5.56 Å². The van der Waals surface area contributed by atoms with E-state index in [4.69, 9.17) is 16.6 Å². The molecule has 0 unspecified atom stereocenters. The zero-order valence-corrected chi connectivity index (χ0v) is 16.0. The summed E-state index contributed by atoms with van der Waals surface area (Å²) in [5.41, 5.74) is 3.82. The number of para-hydroxylation sites is 2. The van der Waals surface area contributed by atoms with E-state index in [1.54, 1.807) is 28.7 Å². The molecule has 4 nitrogen and oxygen atoms in total. The Hall–Kier alpha value is -3.44. The second kappa shape index (κ2) is 6.87. The van der Waals surface area contributed by atoms with Gasteiger partial charge in [-0.25, -0.2) is 13.8 Å². The summed E-state index contributed by atoms with van der Waals surface area (Å²) < 4.78 is 16.9. The molecule has 5 rings (SSSR count). The SMILES string of the molecule is O=c1cc(-c2ccc(Cl)cc2)nc2n(Cc3ccc(F)cc3)c3ccccc3n12. The van der Waals surface area contributed by atoms with E-state index < -0.39 is 0 Å². The summed E-state index contributed by atoms with van der Waals surface area (Å²) in [6.07, 6.45) is 0. The smallest absolute Gasteiger partial charge is 0.260 e. The summed E-state index contributed by atoms with van der Waals surface area (Å²) in [7, 11) is 0. The topological polar surface area (TPSA) is 39.3 Å². The first-order chi connectivity index (χ1) is 14.1. The van der Waals surface area contributed by atoms with E-state index >= 15 is 0 Å². The second-order valence-corrected chi connectivity index (χ2v) is 7.26. The molecule has 0 radical (unpaired) electrons. The van der Waals surface area contributed by atoms with Gasteiger partial charge < -0.3 is 4.57 Å². The molecule has 0 fully saturated rings. The number of halogens is 2. The average Bonchev–Trinajstić information content (AvgIpc) is 3.04. The molecule has 0 atom stereocenters. The van der Waals surface area contributed by atoms with Crippen LogP contribution in [0.2, 0.25) is 5.02 Å². The van der Waals surface area contributed by atoms with Gasteiger partial charge in [-0.2, -0.15) is 0 Å². The van der Waals surface area contributed by atoms with Crippen LogP contribution in [0.15, 0.2) is 83.7 Å². The minimum atomic E-state index is -0.282. The first kappa shape index (κ1) is 17.6. The van der Waals surface area contributed by atoms with Crippen molar-refractivity contribution in [2.24, 2.45) is 0 Å². The third-order valence-corrected chi connectivity index (χ3v) is 5.20. The van der Waals surface area contributed by atoms with Gasteiger partial charge in [0.1, 0.15) is 5.82 Å². The van der Waals surface area contributed by atoms with E-state index in [-0.39, 0.29) is 11.4 Å². The van der Waals surface area contributed by atoms with Crippen LogP contribution in [-0.4, -0.2) is 14.0 Å². The van der Waals surface area contributed by atoms with Crippen molar-refractivity contribution in [3.63, 3.8) is 0 Å². The van der Waals surface area contributed by atoms with Crippen LogP contribution < -0.4 is 5.56 Å². The lowest BCUT2D eigenvalue weighted by Crippen LogP contribution is -2.14. The van der Waals surface area contributed by atoms with Crippen molar-refractivity contribution in [1.82, 2.24) is 14.0 Å². The van der Waals surface area contributed by atoms with Crippen LogP contribution >= 0.6 is 11.6 Å². The Bertz CT molecular complexity index is 1400. The molecule has 2 heterocycles. The summed E-state index contributed by atoms with van der Waals surface area (Å²) in [5.74, 6) is 0.253. The maximum Gasteiger partial charge on any atom is 0.260 e. The van der Waals surface area contributed by atoms with Gasteiger partial charge in [0.15, 0.2) is 0 Å². The fraction of sp³-hybridized carbons (Fsp3) is 0.0435. The fourth-order valence-electron chi connectivity index (χ4n) is 3.56. The molecule has 5 aromatic rings. The first-order valence-electron chi connectivity index (χ1n) is 9.11. The maximum absolute atomic E-state index is 13.3. The molecule has 0 spiro atoms. The van der Waals surface area contributed by atoms with Crippen molar-refractivity contribution in [1.29, 1.82) is 0 Å². The van der Waals surface area contributed by atoms with Crippen molar-refractivity contribution < 1.29 is 4.39 Å². The van der Waals surface area contributed by atoms with Crippen LogP contribution in [0.4, 0.5) is 4.39 Å². The monoisotopic (exact) mass is 403 g/mol. The normalized spacial score (nSPS) is 11.4. The number of hydrogen-bond acceptors (Lipinski definition) is 2. The highest BCUT2D eigenvalue weighted by molar-refractivity contribution is 6.30. The Morgan fingerprint density at radius 1 is 0.897 bits per heavy atom. The zero-order valence-electron chi connectivity index (χ0n) is 15.2. The van der Waals surface area contributed by atoms with Crippen molar-refractivity contribution in [2.75, 3.05) is 0 Å². The lowest BCUT2D eigenvalue weighted by Gasteiger charge is -2.07. The molecule has 0 aliphatic rings. The van der Waals surface area contributed by atoms with Gasteiger partial charge in [0, 0.05) is 16.7 Å². The van der Waals surface area contributed by atoms with Gasteiger partial charge in [-0.3, -0.25) is 4.79 Å². The predicted octanol–water partition coefficient (Wildman–Crippen LogP) is 5.16. The third-order valence-electron chi connectivity index (χ3n) is 4.95. The quantitative estimate of drug-likeness (QED) is 0.417. The van der Waals surface area contributed by atoms with Crippen LogP contribution in [-0.2, 0) is 6.54 Å². The largest absolute Gasteiger partial charge is 0.305 e. The molecule has 2 aromatic heterocycles. The Balaban J connectivity index is 1.77. The van der Waals surface area contributed by atoms with Gasteiger partial charge in [-0.1, -0.05) is 48.0 Å². The Labute approximate surface area is 170 Å². The van der Waals surface area contributed by atoms with Crippen molar-refractivity contribution in [2.45, 2.75) is 6.54 Å². The first-order valence-corrected chi connectivity index (χ1v) is 9.49. The number of nitrogens with zero attached hydrogens (tertiary/aromatic N) is 3. The molecule has 142 valence electrons. The minimum Gasteiger partial charge on any atom is -0.305 e. The standard InChI is InChI=1S/C23H15ClFN3O/c24-17-9-7-16(8-10-17)19-13-22(29)28-21-4-2-1-3-20(21)27(23(28)26-19)14-15-5-11-18(25)12-6-15/h1-13H,14H2. The molecule has 3 aromatic carbocycles. The molecular formula is C23H15ClFN3O. The van der Waals surface area contributed by atoms with Crippen LogP contribution in [0.5, 0.6) is 0 Å². The van der Waals surface area contributed by atoms with Crippen LogP contribution in [0.3, 0.4) is 0 Å². The highest BCUT2D eigenvalue weighted by Gasteiger charge is 2.15. The second-order valence-electron chi connectivity index (χ2n) is 6.82. The maximum atomic E-state index is 13.3. The summed E-state index contributed by atoms with van der Waals surface area (Å²) in [6.45, 7) is 0.466. The predicted molar refractivity (Wildman–Crippen MR) is 113 cm³/mol. The van der Waals surface area contributed by atoms with Gasteiger partial charge >= 0.3 is 0 Å². The molecule has 0 amide bonds. The van der Waals surface area contributed by atoms with Gasteiger partial charge in [0.05, 0.1) is 23.3 Å². The van der Waals surface area contributed by atoms with E-state index in [0.29, 0.717) is 23.0 Å². The van der Waals surface area contributed by atoms with Gasteiger partial charge in [0.25, 0.3) is 5.56 Å². The summed E-state index contributed by atoms with van der Waals surface area (Å²) in [5, 5.41) is 0.622. The summed E-state index contributed by atoms with van der Waals surface area (Å²) in [4.78, 5) is 17.8. The summed E-state index contributed by atoms with van der Waals surface area (Å²) >= 11 is 5.99. The molecule has 0 bridgehead atoms. The number of rotatable bonds is 3. The minimum absolute atomic E-state index is 0.158. The van der Waals surface area contributed by atoms with Crippen molar-refractivity contribution >= 4 is 28.4 Å². The highest BCUT2D eigenvalue weighted by Crippen LogP contribution is 2.24. The van der Waals surface area contributed by atoms with Crippen LogP contribution in [0, 0.1) is 5.82 Å². The molecular weight excluding hydrogens is 389 g/mol. The third kappa shape index (κ3) is 3.09. The number of aromatic nitrogens is 3. The molecule has 0 saturated heterocycles. The molecule has 0 aliphatic heterocycles. The molecule has 29 heavy (non-hydrogen) atoms. The Kier molecular flexibility index (Phi) is 4.18. The van der Waals surface area contributed by atoms with E-state index in [9.17, 15) is 9.18 Å². The molecule has 0 aliphatic carbocycles. The summed E-state index contributed by atoms with van der Waals surface area (Å²) in [6, 6.07) is 22.8. The van der Waals surface area contributed by atoms with E-state index in [2.05, 4.69) is 0 Å². The number of fused-ring (bicyclic) bond motifs is 3.